The van der Waals surface area contributed by atoms with Gasteiger partial charge in [-0.05, 0) is 25.1 Å². The van der Waals surface area contributed by atoms with Crippen molar-refractivity contribution >= 4 is 23.4 Å². The summed E-state index contributed by atoms with van der Waals surface area (Å²) < 4.78 is 17.7. The Kier molecular flexibility index (Phi) is 4.45. The second-order valence-corrected chi connectivity index (χ2v) is 3.22. The van der Waals surface area contributed by atoms with Crippen molar-refractivity contribution in [3.8, 4) is 0 Å². The third-order valence-electron chi connectivity index (χ3n) is 1.80. The number of halogens is 1. The van der Waals surface area contributed by atoms with Gasteiger partial charge in [-0.2, -0.15) is 0 Å². The van der Waals surface area contributed by atoms with E-state index in [2.05, 4.69) is 15.4 Å². The van der Waals surface area contributed by atoms with Crippen LogP contribution in [0, 0.1) is 5.82 Å². The smallest absolute Gasteiger partial charge is 0.411 e. The SMILES string of the molecule is CCOC(=O)Nc1cc(F)ccc1NC(C)=O. The van der Waals surface area contributed by atoms with E-state index in [-0.39, 0.29) is 18.2 Å². The van der Waals surface area contributed by atoms with Gasteiger partial charge in [-0.25, -0.2) is 9.18 Å². The number of rotatable bonds is 3. The van der Waals surface area contributed by atoms with Crippen LogP contribution >= 0.6 is 0 Å². The highest BCUT2D eigenvalue weighted by Crippen LogP contribution is 2.22. The number of benzene rings is 1. The summed E-state index contributed by atoms with van der Waals surface area (Å²) in [5.41, 5.74) is 0.464. The van der Waals surface area contributed by atoms with Crippen molar-refractivity contribution in [2.45, 2.75) is 13.8 Å². The highest BCUT2D eigenvalue weighted by molar-refractivity contribution is 5.96. The number of hydrogen-bond acceptors (Lipinski definition) is 3. The highest BCUT2D eigenvalue weighted by Gasteiger charge is 2.09. The number of amides is 2. The zero-order valence-corrected chi connectivity index (χ0v) is 9.54. The van der Waals surface area contributed by atoms with Crippen LogP contribution in [0.25, 0.3) is 0 Å². The zero-order chi connectivity index (χ0) is 12.8. The molecule has 0 fully saturated rings. The van der Waals surface area contributed by atoms with E-state index in [4.69, 9.17) is 0 Å². The van der Waals surface area contributed by atoms with Crippen LogP contribution in [0.5, 0.6) is 0 Å². The fourth-order valence-corrected chi connectivity index (χ4v) is 1.20. The van der Waals surface area contributed by atoms with Gasteiger partial charge in [0, 0.05) is 6.92 Å². The predicted molar refractivity (Wildman–Crippen MR) is 61.3 cm³/mol. The molecule has 6 heteroatoms. The first-order valence-corrected chi connectivity index (χ1v) is 5.04. The normalized spacial score (nSPS) is 9.59. The monoisotopic (exact) mass is 240 g/mol. The summed E-state index contributed by atoms with van der Waals surface area (Å²) in [5, 5.41) is 4.81. The molecule has 0 unspecified atom stereocenters. The van der Waals surface area contributed by atoms with Crippen LogP contribution in [0.2, 0.25) is 0 Å². The quantitative estimate of drug-likeness (QED) is 0.852. The topological polar surface area (TPSA) is 67.4 Å². The second kappa shape index (κ2) is 5.83. The van der Waals surface area contributed by atoms with Crippen LogP contribution in [0.4, 0.5) is 20.6 Å². The van der Waals surface area contributed by atoms with Gasteiger partial charge in [0.1, 0.15) is 5.82 Å². The first-order valence-electron chi connectivity index (χ1n) is 5.04. The van der Waals surface area contributed by atoms with E-state index < -0.39 is 11.9 Å². The lowest BCUT2D eigenvalue weighted by Crippen LogP contribution is -2.16. The summed E-state index contributed by atoms with van der Waals surface area (Å²) in [6, 6.07) is 3.64. The fourth-order valence-electron chi connectivity index (χ4n) is 1.20. The largest absolute Gasteiger partial charge is 0.450 e. The number of hydrogen-bond donors (Lipinski definition) is 2. The molecule has 1 aromatic carbocycles. The number of carbonyl (C=O) groups is 2. The van der Waals surface area contributed by atoms with Gasteiger partial charge in [0.15, 0.2) is 0 Å². The van der Waals surface area contributed by atoms with E-state index in [1.54, 1.807) is 6.92 Å². The maximum Gasteiger partial charge on any atom is 0.411 e. The van der Waals surface area contributed by atoms with Crippen molar-refractivity contribution in [2.24, 2.45) is 0 Å². The summed E-state index contributed by atoms with van der Waals surface area (Å²) in [6.45, 7) is 3.17. The summed E-state index contributed by atoms with van der Waals surface area (Å²) >= 11 is 0. The Hall–Kier alpha value is -2.11. The first kappa shape index (κ1) is 13.0. The van der Waals surface area contributed by atoms with E-state index in [1.165, 1.54) is 19.1 Å². The molecule has 0 spiro atoms. The van der Waals surface area contributed by atoms with Gasteiger partial charge in [-0.3, -0.25) is 10.1 Å². The van der Waals surface area contributed by atoms with E-state index in [0.29, 0.717) is 5.69 Å². The Morgan fingerprint density at radius 3 is 2.59 bits per heavy atom. The Morgan fingerprint density at radius 1 is 1.29 bits per heavy atom. The number of anilines is 2. The van der Waals surface area contributed by atoms with Gasteiger partial charge in [0.25, 0.3) is 0 Å². The minimum Gasteiger partial charge on any atom is -0.450 e. The van der Waals surface area contributed by atoms with Gasteiger partial charge in [-0.15, -0.1) is 0 Å². The lowest BCUT2D eigenvalue weighted by Gasteiger charge is -2.11. The third kappa shape index (κ3) is 4.10. The minimum absolute atomic E-state index is 0.152. The van der Waals surface area contributed by atoms with Crippen molar-refractivity contribution in [3.05, 3.63) is 24.0 Å². The summed E-state index contributed by atoms with van der Waals surface area (Å²) in [6.07, 6.45) is -0.704. The van der Waals surface area contributed by atoms with Gasteiger partial charge in [0.05, 0.1) is 18.0 Å². The summed E-state index contributed by atoms with van der Waals surface area (Å²) in [7, 11) is 0. The van der Waals surface area contributed by atoms with Gasteiger partial charge in [0.2, 0.25) is 5.91 Å². The predicted octanol–water partition coefficient (Wildman–Crippen LogP) is 2.35. The molecule has 0 heterocycles. The van der Waals surface area contributed by atoms with Crippen molar-refractivity contribution in [1.82, 2.24) is 0 Å². The molecule has 0 aliphatic heterocycles. The molecule has 0 bridgehead atoms. The van der Waals surface area contributed by atoms with Crippen LogP contribution in [0.3, 0.4) is 0 Å². The molecule has 0 saturated carbocycles. The first-order chi connectivity index (χ1) is 8.02. The lowest BCUT2D eigenvalue weighted by molar-refractivity contribution is -0.114. The van der Waals surface area contributed by atoms with Crippen LogP contribution in [-0.4, -0.2) is 18.6 Å². The fraction of sp³-hybridized carbons (Fsp3) is 0.273. The third-order valence-corrected chi connectivity index (χ3v) is 1.80. The molecular formula is C11H13FN2O3. The molecule has 0 aliphatic rings. The van der Waals surface area contributed by atoms with E-state index in [1.807, 2.05) is 0 Å². The van der Waals surface area contributed by atoms with Gasteiger partial charge < -0.3 is 10.1 Å². The van der Waals surface area contributed by atoms with Crippen LogP contribution in [0.15, 0.2) is 18.2 Å². The Morgan fingerprint density at radius 2 is 2.00 bits per heavy atom. The maximum absolute atomic E-state index is 13.0. The molecule has 0 aromatic heterocycles. The molecule has 0 saturated heterocycles. The molecule has 5 nitrogen and oxygen atoms in total. The average Bonchev–Trinajstić information content (AvgIpc) is 2.22. The Bertz CT molecular complexity index is 435. The maximum atomic E-state index is 13.0. The molecule has 0 atom stereocenters. The second-order valence-electron chi connectivity index (χ2n) is 3.22. The number of carbonyl (C=O) groups excluding carboxylic acids is 2. The number of nitrogens with one attached hydrogen (secondary N) is 2. The molecule has 0 aliphatic carbocycles. The molecule has 2 N–H and O–H groups in total. The molecule has 92 valence electrons. The molecule has 17 heavy (non-hydrogen) atoms. The standard InChI is InChI=1S/C11H13FN2O3/c1-3-17-11(16)14-10-6-8(12)4-5-9(10)13-7(2)15/h4-6H,3H2,1-2H3,(H,13,15)(H,14,16). The lowest BCUT2D eigenvalue weighted by atomic mass is 10.2. The summed E-state index contributed by atoms with van der Waals surface area (Å²) in [4.78, 5) is 22.1. The van der Waals surface area contributed by atoms with E-state index in [9.17, 15) is 14.0 Å². The molecular weight excluding hydrogens is 227 g/mol. The molecule has 1 aromatic rings. The van der Waals surface area contributed by atoms with Crippen molar-refractivity contribution in [1.29, 1.82) is 0 Å². The number of ether oxygens (including phenoxy) is 1. The van der Waals surface area contributed by atoms with Gasteiger partial charge >= 0.3 is 6.09 Å². The Balaban J connectivity index is 2.90. The molecule has 1 rings (SSSR count). The zero-order valence-electron chi connectivity index (χ0n) is 9.54. The van der Waals surface area contributed by atoms with Gasteiger partial charge in [-0.1, -0.05) is 0 Å². The van der Waals surface area contributed by atoms with Crippen LogP contribution < -0.4 is 10.6 Å². The van der Waals surface area contributed by atoms with Crippen molar-refractivity contribution in [3.63, 3.8) is 0 Å². The van der Waals surface area contributed by atoms with E-state index in [0.717, 1.165) is 6.07 Å². The van der Waals surface area contributed by atoms with Crippen LogP contribution in [-0.2, 0) is 9.53 Å². The Labute approximate surface area is 98.0 Å². The summed E-state index contributed by atoms with van der Waals surface area (Å²) in [5.74, 6) is -0.839. The van der Waals surface area contributed by atoms with E-state index >= 15 is 0 Å². The minimum atomic E-state index is -0.704. The molecule has 0 radical (unpaired) electrons. The highest BCUT2D eigenvalue weighted by atomic mass is 19.1. The average molecular weight is 240 g/mol. The van der Waals surface area contributed by atoms with Crippen molar-refractivity contribution < 1.29 is 18.7 Å². The van der Waals surface area contributed by atoms with Crippen LogP contribution in [0.1, 0.15) is 13.8 Å². The van der Waals surface area contributed by atoms with Crippen molar-refractivity contribution in [2.75, 3.05) is 17.2 Å². The molecule has 2 amide bonds.